The fraction of sp³-hybridized carbons (Fsp3) is 0.429. The highest BCUT2D eigenvalue weighted by molar-refractivity contribution is 7.18. The smallest absolute Gasteiger partial charge is 0.306 e. The number of hydrogen-bond donors (Lipinski definition) is 1. The number of rotatable bonds is 6. The van der Waals surface area contributed by atoms with Crippen LogP contribution in [0.4, 0.5) is 0 Å². The highest BCUT2D eigenvalue weighted by Gasteiger charge is 2.19. The number of aromatic nitrogens is 1. The molecule has 0 amide bonds. The van der Waals surface area contributed by atoms with Gasteiger partial charge in [-0.25, -0.2) is 4.98 Å². The molecule has 1 unspecified atom stereocenters. The predicted molar refractivity (Wildman–Crippen MR) is 74.0 cm³/mol. The quantitative estimate of drug-likeness (QED) is 0.864. The minimum Gasteiger partial charge on any atom is -0.481 e. The van der Waals surface area contributed by atoms with Crippen LogP contribution in [-0.4, -0.2) is 16.1 Å². The number of para-hydroxylation sites is 1. The lowest BCUT2D eigenvalue weighted by Crippen LogP contribution is -2.16. The first-order chi connectivity index (χ1) is 8.70. The van der Waals surface area contributed by atoms with Crippen molar-refractivity contribution in [2.45, 2.75) is 32.6 Å². The third-order valence-corrected chi connectivity index (χ3v) is 4.07. The number of carboxylic acids is 1. The van der Waals surface area contributed by atoms with Crippen molar-refractivity contribution < 1.29 is 9.90 Å². The van der Waals surface area contributed by atoms with Gasteiger partial charge in [0.05, 0.1) is 21.1 Å². The SMILES string of the molecule is CCCCC(Cc1nc2ccccc2s1)C(=O)O. The fourth-order valence-electron chi connectivity index (χ4n) is 1.98. The second-order valence-corrected chi connectivity index (χ2v) is 5.57. The highest BCUT2D eigenvalue weighted by atomic mass is 32.1. The molecule has 96 valence electrons. The number of unbranched alkanes of at least 4 members (excludes halogenated alkanes) is 1. The second kappa shape index (κ2) is 5.96. The Hall–Kier alpha value is -1.42. The van der Waals surface area contributed by atoms with E-state index >= 15 is 0 Å². The summed E-state index contributed by atoms with van der Waals surface area (Å²) in [5.41, 5.74) is 0.970. The van der Waals surface area contributed by atoms with Crippen LogP contribution in [0.1, 0.15) is 31.2 Å². The monoisotopic (exact) mass is 263 g/mol. The van der Waals surface area contributed by atoms with E-state index in [-0.39, 0.29) is 5.92 Å². The van der Waals surface area contributed by atoms with Gasteiger partial charge < -0.3 is 5.11 Å². The summed E-state index contributed by atoms with van der Waals surface area (Å²) < 4.78 is 1.13. The van der Waals surface area contributed by atoms with Gasteiger partial charge in [0.2, 0.25) is 0 Å². The lowest BCUT2D eigenvalue weighted by Gasteiger charge is -2.09. The van der Waals surface area contributed by atoms with Crippen molar-refractivity contribution in [3.8, 4) is 0 Å². The summed E-state index contributed by atoms with van der Waals surface area (Å²) in [6, 6.07) is 7.93. The zero-order valence-electron chi connectivity index (χ0n) is 10.4. The van der Waals surface area contributed by atoms with Crippen LogP contribution in [0.25, 0.3) is 10.2 Å². The number of benzene rings is 1. The van der Waals surface area contributed by atoms with Crippen LogP contribution < -0.4 is 0 Å². The molecular formula is C14H17NO2S. The molecule has 0 radical (unpaired) electrons. The van der Waals surface area contributed by atoms with Crippen LogP contribution in [-0.2, 0) is 11.2 Å². The number of fused-ring (bicyclic) bond motifs is 1. The van der Waals surface area contributed by atoms with Crippen LogP contribution in [0.5, 0.6) is 0 Å². The molecule has 0 bridgehead atoms. The van der Waals surface area contributed by atoms with E-state index in [4.69, 9.17) is 0 Å². The summed E-state index contributed by atoms with van der Waals surface area (Å²) >= 11 is 1.60. The van der Waals surface area contributed by atoms with Crippen molar-refractivity contribution in [1.29, 1.82) is 0 Å². The topological polar surface area (TPSA) is 50.2 Å². The summed E-state index contributed by atoms with van der Waals surface area (Å²) in [6.45, 7) is 2.08. The van der Waals surface area contributed by atoms with Gasteiger partial charge in [-0.1, -0.05) is 31.9 Å². The van der Waals surface area contributed by atoms with E-state index in [1.54, 1.807) is 11.3 Å². The maximum atomic E-state index is 11.2. The molecular weight excluding hydrogens is 246 g/mol. The molecule has 18 heavy (non-hydrogen) atoms. The third kappa shape index (κ3) is 3.07. The standard InChI is InChI=1S/C14H17NO2S/c1-2-3-6-10(14(16)17)9-13-15-11-7-4-5-8-12(11)18-13/h4-5,7-8,10H,2-3,6,9H2,1H3,(H,16,17). The van der Waals surface area contributed by atoms with Crippen molar-refractivity contribution in [3.63, 3.8) is 0 Å². The number of carboxylic acid groups (broad SMARTS) is 1. The molecule has 3 nitrogen and oxygen atoms in total. The molecule has 1 aromatic heterocycles. The summed E-state index contributed by atoms with van der Waals surface area (Å²) in [5, 5.41) is 10.1. The van der Waals surface area contributed by atoms with Gasteiger partial charge in [-0.15, -0.1) is 11.3 Å². The lowest BCUT2D eigenvalue weighted by atomic mass is 9.99. The zero-order valence-corrected chi connectivity index (χ0v) is 11.2. The van der Waals surface area contributed by atoms with Gasteiger partial charge in [-0.3, -0.25) is 4.79 Å². The Labute approximate surface area is 110 Å². The number of nitrogens with zero attached hydrogens (tertiary/aromatic N) is 1. The number of carbonyl (C=O) groups is 1. The Kier molecular flexibility index (Phi) is 4.31. The molecule has 0 spiro atoms. The number of hydrogen-bond acceptors (Lipinski definition) is 3. The molecule has 1 N–H and O–H groups in total. The van der Waals surface area contributed by atoms with Crippen molar-refractivity contribution in [2.75, 3.05) is 0 Å². The molecule has 2 rings (SSSR count). The Morgan fingerprint density at radius 2 is 2.22 bits per heavy atom. The molecule has 0 aliphatic carbocycles. The van der Waals surface area contributed by atoms with Crippen LogP contribution >= 0.6 is 11.3 Å². The Balaban J connectivity index is 2.12. The predicted octanol–water partition coefficient (Wildman–Crippen LogP) is 3.73. The van der Waals surface area contributed by atoms with E-state index in [1.807, 2.05) is 24.3 Å². The minimum absolute atomic E-state index is 0.300. The first-order valence-electron chi connectivity index (χ1n) is 6.28. The maximum absolute atomic E-state index is 11.2. The maximum Gasteiger partial charge on any atom is 0.306 e. The van der Waals surface area contributed by atoms with Gasteiger partial charge in [0.1, 0.15) is 0 Å². The van der Waals surface area contributed by atoms with Crippen molar-refractivity contribution in [1.82, 2.24) is 4.98 Å². The second-order valence-electron chi connectivity index (χ2n) is 4.46. The summed E-state index contributed by atoms with van der Waals surface area (Å²) in [6.07, 6.45) is 3.28. The van der Waals surface area contributed by atoms with E-state index in [0.717, 1.165) is 34.5 Å². The molecule has 0 saturated carbocycles. The molecule has 4 heteroatoms. The van der Waals surface area contributed by atoms with Crippen molar-refractivity contribution in [3.05, 3.63) is 29.3 Å². The van der Waals surface area contributed by atoms with Gasteiger partial charge in [0.25, 0.3) is 0 Å². The Bertz CT molecular complexity index is 502. The number of aliphatic carboxylic acids is 1. The average molecular weight is 263 g/mol. The van der Waals surface area contributed by atoms with E-state index < -0.39 is 5.97 Å². The molecule has 0 aliphatic heterocycles. The molecule has 1 atom stereocenters. The van der Waals surface area contributed by atoms with Gasteiger partial charge in [-0.05, 0) is 18.6 Å². The summed E-state index contributed by atoms with van der Waals surface area (Å²) in [7, 11) is 0. The van der Waals surface area contributed by atoms with Gasteiger partial charge in [0, 0.05) is 6.42 Å². The first-order valence-corrected chi connectivity index (χ1v) is 7.09. The molecule has 2 aromatic rings. The van der Waals surface area contributed by atoms with Gasteiger partial charge in [0.15, 0.2) is 0 Å². The zero-order chi connectivity index (χ0) is 13.0. The van der Waals surface area contributed by atoms with E-state index in [9.17, 15) is 9.90 Å². The summed E-state index contributed by atoms with van der Waals surface area (Å²) in [5.74, 6) is -1.01. The molecule has 0 fully saturated rings. The lowest BCUT2D eigenvalue weighted by molar-refractivity contribution is -0.141. The third-order valence-electron chi connectivity index (χ3n) is 3.01. The fourth-order valence-corrected chi connectivity index (χ4v) is 3.03. The van der Waals surface area contributed by atoms with Crippen LogP contribution in [0.15, 0.2) is 24.3 Å². The summed E-state index contributed by atoms with van der Waals surface area (Å²) in [4.78, 5) is 15.7. The average Bonchev–Trinajstić information content (AvgIpc) is 2.76. The van der Waals surface area contributed by atoms with E-state index in [0.29, 0.717) is 6.42 Å². The molecule has 0 aliphatic rings. The van der Waals surface area contributed by atoms with Crippen LogP contribution in [0, 0.1) is 5.92 Å². The molecule has 0 saturated heterocycles. The van der Waals surface area contributed by atoms with E-state index in [1.165, 1.54) is 0 Å². The first kappa shape index (κ1) is 13.0. The van der Waals surface area contributed by atoms with Crippen molar-refractivity contribution >= 4 is 27.5 Å². The van der Waals surface area contributed by atoms with Gasteiger partial charge >= 0.3 is 5.97 Å². The highest BCUT2D eigenvalue weighted by Crippen LogP contribution is 2.25. The molecule has 1 heterocycles. The minimum atomic E-state index is -0.706. The molecule has 1 aromatic carbocycles. The largest absolute Gasteiger partial charge is 0.481 e. The Morgan fingerprint density at radius 1 is 1.44 bits per heavy atom. The van der Waals surface area contributed by atoms with Crippen molar-refractivity contribution in [2.24, 2.45) is 5.92 Å². The van der Waals surface area contributed by atoms with Crippen LogP contribution in [0.2, 0.25) is 0 Å². The van der Waals surface area contributed by atoms with Gasteiger partial charge in [-0.2, -0.15) is 0 Å². The number of thiazole rings is 1. The van der Waals surface area contributed by atoms with E-state index in [2.05, 4.69) is 11.9 Å². The van der Waals surface area contributed by atoms with Crippen LogP contribution in [0.3, 0.4) is 0 Å². The Morgan fingerprint density at radius 3 is 2.89 bits per heavy atom. The normalized spacial score (nSPS) is 12.7.